The van der Waals surface area contributed by atoms with Crippen LogP contribution in [0.25, 0.3) is 0 Å². The van der Waals surface area contributed by atoms with Crippen LogP contribution in [0.2, 0.25) is 10.0 Å². The average molecular weight is 310 g/mol. The zero-order chi connectivity index (χ0) is 14.5. The van der Waals surface area contributed by atoms with E-state index in [1.165, 1.54) is 12.1 Å². The number of ether oxygens (including phenoxy) is 1. The summed E-state index contributed by atoms with van der Waals surface area (Å²) < 4.78 is 5.19. The summed E-state index contributed by atoms with van der Waals surface area (Å²) >= 11 is 11.8. The number of hydrogen-bond donors (Lipinski definition) is 1. The fourth-order valence-corrected chi connectivity index (χ4v) is 2.16. The van der Waals surface area contributed by atoms with Gasteiger partial charge in [-0.25, -0.2) is 4.79 Å². The molecule has 0 fully saturated rings. The second kappa shape index (κ2) is 6.64. The molecule has 0 unspecified atom stereocenters. The molecule has 104 valence electrons. The lowest BCUT2D eigenvalue weighted by Gasteiger charge is -2.08. The molecule has 0 saturated heterocycles. The third-order valence-corrected chi connectivity index (χ3v) is 3.54. The van der Waals surface area contributed by atoms with Crippen LogP contribution >= 0.6 is 23.2 Å². The van der Waals surface area contributed by atoms with Gasteiger partial charge in [0.05, 0.1) is 22.2 Å². The Kier molecular flexibility index (Phi) is 4.88. The Morgan fingerprint density at radius 2 is 1.85 bits per heavy atom. The highest BCUT2D eigenvalue weighted by Crippen LogP contribution is 2.29. The van der Waals surface area contributed by atoms with Gasteiger partial charge in [0, 0.05) is 12.1 Å². The standard InChI is InChI=1S/C15H13Cl2NO2/c16-13-9-11(18)8-12(14(13)17)15(19)20-7-6-10-4-2-1-3-5-10/h1-5,8-9H,6-7,18H2. The maximum Gasteiger partial charge on any atom is 0.339 e. The van der Waals surface area contributed by atoms with Crippen molar-refractivity contribution in [1.29, 1.82) is 0 Å². The smallest absolute Gasteiger partial charge is 0.339 e. The van der Waals surface area contributed by atoms with E-state index in [2.05, 4.69) is 0 Å². The summed E-state index contributed by atoms with van der Waals surface area (Å²) in [5.74, 6) is -0.528. The van der Waals surface area contributed by atoms with Gasteiger partial charge in [-0.05, 0) is 17.7 Å². The molecule has 0 radical (unpaired) electrons. The minimum atomic E-state index is -0.528. The summed E-state index contributed by atoms with van der Waals surface area (Å²) in [6, 6.07) is 12.7. The first kappa shape index (κ1) is 14.7. The fraction of sp³-hybridized carbons (Fsp3) is 0.133. The molecule has 0 aliphatic carbocycles. The summed E-state index contributed by atoms with van der Waals surface area (Å²) in [7, 11) is 0. The Balaban J connectivity index is 1.99. The number of anilines is 1. The van der Waals surface area contributed by atoms with Gasteiger partial charge in [0.2, 0.25) is 0 Å². The Hall–Kier alpha value is -1.71. The van der Waals surface area contributed by atoms with Crippen LogP contribution in [-0.4, -0.2) is 12.6 Å². The van der Waals surface area contributed by atoms with E-state index >= 15 is 0 Å². The number of carbonyl (C=O) groups excluding carboxylic acids is 1. The highest BCUT2D eigenvalue weighted by molar-refractivity contribution is 6.44. The third-order valence-electron chi connectivity index (χ3n) is 2.74. The fourth-order valence-electron chi connectivity index (χ4n) is 1.74. The van der Waals surface area contributed by atoms with Crippen molar-refractivity contribution in [2.45, 2.75) is 6.42 Å². The average Bonchev–Trinajstić information content (AvgIpc) is 2.44. The van der Waals surface area contributed by atoms with E-state index in [1.54, 1.807) is 0 Å². The number of esters is 1. The molecular weight excluding hydrogens is 297 g/mol. The molecule has 0 bridgehead atoms. The van der Waals surface area contributed by atoms with Crippen molar-refractivity contribution in [3.63, 3.8) is 0 Å². The molecule has 2 aromatic rings. The van der Waals surface area contributed by atoms with E-state index in [0.717, 1.165) is 5.56 Å². The minimum absolute atomic E-state index is 0.158. The van der Waals surface area contributed by atoms with Crippen LogP contribution in [0, 0.1) is 0 Å². The molecule has 0 spiro atoms. The summed E-state index contributed by atoms with van der Waals surface area (Å²) in [4.78, 5) is 11.9. The van der Waals surface area contributed by atoms with Crippen LogP contribution in [-0.2, 0) is 11.2 Å². The van der Waals surface area contributed by atoms with Crippen molar-refractivity contribution >= 4 is 34.9 Å². The lowest BCUT2D eigenvalue weighted by Crippen LogP contribution is -2.09. The molecule has 2 rings (SSSR count). The summed E-state index contributed by atoms with van der Waals surface area (Å²) in [5, 5.41) is 0.396. The topological polar surface area (TPSA) is 52.3 Å². The number of halogens is 2. The molecule has 5 heteroatoms. The predicted octanol–water partition coefficient (Wildman–Crippen LogP) is 3.98. The van der Waals surface area contributed by atoms with E-state index in [9.17, 15) is 4.79 Å². The Bertz CT molecular complexity index is 615. The maximum absolute atomic E-state index is 11.9. The van der Waals surface area contributed by atoms with Crippen molar-refractivity contribution in [3.05, 3.63) is 63.6 Å². The molecule has 0 aliphatic rings. The van der Waals surface area contributed by atoms with Gasteiger partial charge in [-0.15, -0.1) is 0 Å². The molecular formula is C15H13Cl2NO2. The normalized spacial score (nSPS) is 10.3. The quantitative estimate of drug-likeness (QED) is 0.686. The van der Waals surface area contributed by atoms with Gasteiger partial charge in [0.1, 0.15) is 0 Å². The molecule has 0 aliphatic heterocycles. The van der Waals surface area contributed by atoms with Crippen LogP contribution in [0.4, 0.5) is 5.69 Å². The van der Waals surface area contributed by atoms with E-state index in [-0.39, 0.29) is 22.2 Å². The van der Waals surface area contributed by atoms with Gasteiger partial charge >= 0.3 is 5.97 Å². The Morgan fingerprint density at radius 1 is 1.15 bits per heavy atom. The van der Waals surface area contributed by atoms with E-state index < -0.39 is 5.97 Å². The van der Waals surface area contributed by atoms with Crippen LogP contribution < -0.4 is 5.73 Å². The molecule has 2 N–H and O–H groups in total. The molecule has 0 amide bonds. The molecule has 0 saturated carbocycles. The van der Waals surface area contributed by atoms with Crippen molar-refractivity contribution in [2.24, 2.45) is 0 Å². The second-order valence-corrected chi connectivity index (χ2v) is 5.02. The zero-order valence-electron chi connectivity index (χ0n) is 10.6. The Morgan fingerprint density at radius 3 is 2.55 bits per heavy atom. The summed E-state index contributed by atoms with van der Waals surface area (Å²) in [5.41, 5.74) is 7.28. The van der Waals surface area contributed by atoms with E-state index in [4.69, 9.17) is 33.7 Å². The number of hydrogen-bond acceptors (Lipinski definition) is 3. The molecule has 0 atom stereocenters. The lowest BCUT2D eigenvalue weighted by atomic mass is 10.2. The van der Waals surface area contributed by atoms with Crippen LogP contribution in [0.5, 0.6) is 0 Å². The summed E-state index contributed by atoms with van der Waals surface area (Å²) in [6.45, 7) is 0.269. The van der Waals surface area contributed by atoms with Crippen molar-refractivity contribution in [2.75, 3.05) is 12.3 Å². The number of nitrogen functional groups attached to an aromatic ring is 1. The number of carbonyl (C=O) groups is 1. The van der Waals surface area contributed by atoms with Crippen LogP contribution in [0.3, 0.4) is 0 Å². The first-order valence-electron chi connectivity index (χ1n) is 6.03. The van der Waals surface area contributed by atoms with Gasteiger partial charge in [-0.2, -0.15) is 0 Å². The first-order valence-corrected chi connectivity index (χ1v) is 6.79. The molecule has 3 nitrogen and oxygen atoms in total. The van der Waals surface area contributed by atoms with Gasteiger partial charge in [-0.3, -0.25) is 0 Å². The second-order valence-electron chi connectivity index (χ2n) is 4.24. The van der Waals surface area contributed by atoms with Gasteiger partial charge in [-0.1, -0.05) is 53.5 Å². The van der Waals surface area contributed by atoms with Crippen molar-refractivity contribution in [3.8, 4) is 0 Å². The monoisotopic (exact) mass is 309 g/mol. The largest absolute Gasteiger partial charge is 0.462 e. The Labute approximate surface area is 127 Å². The van der Waals surface area contributed by atoms with Gasteiger partial charge < -0.3 is 10.5 Å². The van der Waals surface area contributed by atoms with E-state index in [1.807, 2.05) is 30.3 Å². The number of benzene rings is 2. The highest BCUT2D eigenvalue weighted by atomic mass is 35.5. The SMILES string of the molecule is Nc1cc(Cl)c(Cl)c(C(=O)OCCc2ccccc2)c1. The van der Waals surface area contributed by atoms with Crippen molar-refractivity contribution < 1.29 is 9.53 Å². The number of rotatable bonds is 4. The molecule has 2 aromatic carbocycles. The van der Waals surface area contributed by atoms with Crippen LogP contribution in [0.1, 0.15) is 15.9 Å². The third kappa shape index (κ3) is 3.65. The van der Waals surface area contributed by atoms with Gasteiger partial charge in [0.25, 0.3) is 0 Å². The van der Waals surface area contributed by atoms with E-state index in [0.29, 0.717) is 12.1 Å². The maximum atomic E-state index is 11.9. The molecule has 20 heavy (non-hydrogen) atoms. The van der Waals surface area contributed by atoms with Crippen molar-refractivity contribution in [1.82, 2.24) is 0 Å². The summed E-state index contributed by atoms with van der Waals surface area (Å²) in [6.07, 6.45) is 0.639. The molecule has 0 aromatic heterocycles. The minimum Gasteiger partial charge on any atom is -0.462 e. The zero-order valence-corrected chi connectivity index (χ0v) is 12.1. The lowest BCUT2D eigenvalue weighted by molar-refractivity contribution is 0.0509. The predicted molar refractivity (Wildman–Crippen MR) is 81.3 cm³/mol. The number of nitrogens with two attached hydrogens (primary N) is 1. The van der Waals surface area contributed by atoms with Crippen LogP contribution in [0.15, 0.2) is 42.5 Å². The van der Waals surface area contributed by atoms with Gasteiger partial charge in [0.15, 0.2) is 0 Å². The highest BCUT2D eigenvalue weighted by Gasteiger charge is 2.15. The first-order chi connectivity index (χ1) is 9.58. The molecule has 0 heterocycles.